The van der Waals surface area contributed by atoms with Crippen molar-refractivity contribution in [3.63, 3.8) is 0 Å². The SMILES string of the molecule is O=C(NCc1cc(-c2ccc(C(F)(F)F)cc2O)ncn1)[C@@H]1CCCN1S(=O)(=O)c1cc2cc(F)ccc2o1. The fourth-order valence-corrected chi connectivity index (χ4v) is 5.99. The Labute approximate surface area is 219 Å². The molecule has 1 fully saturated rings. The molecule has 204 valence electrons. The molecule has 1 atom stereocenters. The number of halogens is 4. The van der Waals surface area contributed by atoms with Crippen molar-refractivity contribution in [2.45, 2.75) is 36.7 Å². The first-order chi connectivity index (χ1) is 18.4. The standard InChI is InChI=1S/C25H20F4N4O5S/c26-16-4-6-22-14(8-16)9-23(38-22)39(36,37)33-7-1-2-20(33)24(35)30-12-17-11-19(32-13-31-17)18-5-3-15(10-21(18)34)25(27,28)29/h3-6,8-11,13,20,34H,1-2,7,12H2,(H,30,35)/t20-/m0/s1. The molecule has 0 bridgehead atoms. The summed E-state index contributed by atoms with van der Waals surface area (Å²) in [5.41, 5.74) is -0.382. The molecule has 0 spiro atoms. The summed E-state index contributed by atoms with van der Waals surface area (Å²) in [6.07, 6.45) is -2.81. The van der Waals surface area contributed by atoms with Gasteiger partial charge >= 0.3 is 6.18 Å². The Balaban J connectivity index is 1.30. The maximum Gasteiger partial charge on any atom is 0.416 e. The van der Waals surface area contributed by atoms with Crippen molar-refractivity contribution in [2.24, 2.45) is 0 Å². The largest absolute Gasteiger partial charge is 0.507 e. The van der Waals surface area contributed by atoms with Gasteiger partial charge in [0.25, 0.3) is 10.0 Å². The fourth-order valence-electron chi connectivity index (χ4n) is 4.38. The number of furan rings is 1. The van der Waals surface area contributed by atoms with Crippen LogP contribution >= 0.6 is 0 Å². The van der Waals surface area contributed by atoms with Crippen molar-refractivity contribution in [3.05, 3.63) is 71.9 Å². The average molecular weight is 565 g/mol. The molecule has 1 saturated heterocycles. The number of aromatic nitrogens is 2. The van der Waals surface area contributed by atoms with Crippen molar-refractivity contribution in [3.8, 4) is 17.0 Å². The monoisotopic (exact) mass is 564 g/mol. The highest BCUT2D eigenvalue weighted by Crippen LogP contribution is 2.36. The van der Waals surface area contributed by atoms with Crippen LogP contribution in [0.2, 0.25) is 0 Å². The zero-order chi connectivity index (χ0) is 27.9. The summed E-state index contributed by atoms with van der Waals surface area (Å²) in [6, 6.07) is 7.66. The quantitative estimate of drug-likeness (QED) is 0.336. The number of aromatic hydroxyl groups is 1. The molecule has 0 aliphatic carbocycles. The molecule has 39 heavy (non-hydrogen) atoms. The molecular formula is C25H20F4N4O5S. The van der Waals surface area contributed by atoms with Gasteiger partial charge in [-0.05, 0) is 55.3 Å². The summed E-state index contributed by atoms with van der Waals surface area (Å²) in [6.45, 7) is -0.0548. The summed E-state index contributed by atoms with van der Waals surface area (Å²) >= 11 is 0. The van der Waals surface area contributed by atoms with Crippen LogP contribution in [-0.4, -0.2) is 46.3 Å². The minimum Gasteiger partial charge on any atom is -0.507 e. The smallest absolute Gasteiger partial charge is 0.416 e. The topological polar surface area (TPSA) is 126 Å². The lowest BCUT2D eigenvalue weighted by atomic mass is 10.1. The minimum absolute atomic E-state index is 0.0387. The van der Waals surface area contributed by atoms with E-state index in [2.05, 4.69) is 15.3 Å². The van der Waals surface area contributed by atoms with Crippen LogP contribution in [0.3, 0.4) is 0 Å². The average Bonchev–Trinajstić information content (AvgIpc) is 3.55. The van der Waals surface area contributed by atoms with Gasteiger partial charge in [-0.3, -0.25) is 4.79 Å². The lowest BCUT2D eigenvalue weighted by Crippen LogP contribution is -2.45. The number of sulfonamides is 1. The van der Waals surface area contributed by atoms with Crippen LogP contribution in [0.1, 0.15) is 24.1 Å². The Morgan fingerprint density at radius 3 is 2.67 bits per heavy atom. The van der Waals surface area contributed by atoms with E-state index < -0.39 is 50.4 Å². The zero-order valence-electron chi connectivity index (χ0n) is 19.9. The number of carbonyl (C=O) groups excluding carboxylic acids is 1. The highest BCUT2D eigenvalue weighted by atomic mass is 32.2. The van der Waals surface area contributed by atoms with E-state index in [1.807, 2.05) is 0 Å². The number of carbonyl (C=O) groups is 1. The van der Waals surface area contributed by atoms with E-state index in [9.17, 15) is 35.9 Å². The molecule has 1 aliphatic heterocycles. The van der Waals surface area contributed by atoms with Gasteiger partial charge in [-0.25, -0.2) is 22.8 Å². The number of nitrogens with one attached hydrogen (secondary N) is 1. The molecule has 14 heteroatoms. The molecule has 3 heterocycles. The zero-order valence-corrected chi connectivity index (χ0v) is 20.8. The molecule has 2 aromatic heterocycles. The third kappa shape index (κ3) is 5.29. The maximum absolute atomic E-state index is 13.5. The maximum atomic E-state index is 13.5. The van der Waals surface area contributed by atoms with E-state index in [1.54, 1.807) is 0 Å². The van der Waals surface area contributed by atoms with Crippen LogP contribution in [0.4, 0.5) is 17.6 Å². The Kier molecular flexibility index (Phi) is 6.76. The van der Waals surface area contributed by atoms with Crippen molar-refractivity contribution in [1.82, 2.24) is 19.6 Å². The summed E-state index contributed by atoms with van der Waals surface area (Å²) < 4.78 is 85.1. The number of hydrogen-bond donors (Lipinski definition) is 2. The van der Waals surface area contributed by atoms with Gasteiger partial charge < -0.3 is 14.8 Å². The molecule has 0 radical (unpaired) electrons. The van der Waals surface area contributed by atoms with Gasteiger partial charge in [0, 0.05) is 23.6 Å². The number of alkyl halides is 3. The Morgan fingerprint density at radius 2 is 1.92 bits per heavy atom. The molecule has 1 aliphatic rings. The highest BCUT2D eigenvalue weighted by Gasteiger charge is 2.41. The molecule has 0 unspecified atom stereocenters. The first-order valence-corrected chi connectivity index (χ1v) is 13.1. The molecule has 2 N–H and O–H groups in total. The van der Waals surface area contributed by atoms with Crippen molar-refractivity contribution in [1.29, 1.82) is 0 Å². The van der Waals surface area contributed by atoms with Crippen molar-refractivity contribution >= 4 is 26.9 Å². The lowest BCUT2D eigenvalue weighted by molar-refractivity contribution is -0.137. The second kappa shape index (κ2) is 9.93. The third-order valence-electron chi connectivity index (χ3n) is 6.29. The van der Waals surface area contributed by atoms with Gasteiger partial charge in [0.2, 0.25) is 11.0 Å². The van der Waals surface area contributed by atoms with Crippen molar-refractivity contribution in [2.75, 3.05) is 6.54 Å². The van der Waals surface area contributed by atoms with Crippen LogP contribution in [0.5, 0.6) is 5.75 Å². The summed E-state index contributed by atoms with van der Waals surface area (Å²) in [5, 5.41) is 12.6. The second-order valence-corrected chi connectivity index (χ2v) is 10.7. The van der Waals surface area contributed by atoms with Gasteiger partial charge in [0.05, 0.1) is 23.5 Å². The number of phenols is 1. The molecule has 5 rings (SSSR count). The molecule has 4 aromatic rings. The van der Waals surface area contributed by atoms with Gasteiger partial charge in [0.1, 0.15) is 29.5 Å². The van der Waals surface area contributed by atoms with Crippen LogP contribution in [-0.2, 0) is 27.5 Å². The first-order valence-electron chi connectivity index (χ1n) is 11.6. The number of benzene rings is 2. The summed E-state index contributed by atoms with van der Waals surface area (Å²) in [4.78, 5) is 21.0. The van der Waals surface area contributed by atoms with Crippen molar-refractivity contribution < 1.29 is 40.3 Å². The molecule has 0 saturated carbocycles. The van der Waals surface area contributed by atoms with E-state index in [4.69, 9.17) is 4.42 Å². The number of phenolic OH excluding ortho intramolecular Hbond substituents is 1. The van der Waals surface area contributed by atoms with E-state index in [0.717, 1.165) is 34.9 Å². The summed E-state index contributed by atoms with van der Waals surface area (Å²) in [7, 11) is -4.20. The van der Waals surface area contributed by atoms with Crippen LogP contribution < -0.4 is 5.32 Å². The normalized spacial score (nSPS) is 16.6. The highest BCUT2D eigenvalue weighted by molar-refractivity contribution is 7.89. The Hall–Kier alpha value is -4.04. The number of amides is 1. The Bertz CT molecular complexity index is 1670. The predicted octanol–water partition coefficient (Wildman–Crippen LogP) is 4.22. The molecule has 1 amide bonds. The first kappa shape index (κ1) is 26.6. The number of fused-ring (bicyclic) bond motifs is 1. The van der Waals surface area contributed by atoms with Gasteiger partial charge in [0.15, 0.2) is 0 Å². The van der Waals surface area contributed by atoms with Crippen LogP contribution in [0, 0.1) is 5.82 Å². The van der Waals surface area contributed by atoms with E-state index in [-0.39, 0.29) is 47.4 Å². The molecule has 2 aromatic carbocycles. The molecular weight excluding hydrogens is 544 g/mol. The third-order valence-corrected chi connectivity index (χ3v) is 8.06. The minimum atomic E-state index is -4.62. The van der Waals surface area contributed by atoms with E-state index >= 15 is 0 Å². The van der Waals surface area contributed by atoms with E-state index in [1.165, 1.54) is 18.2 Å². The lowest BCUT2D eigenvalue weighted by Gasteiger charge is -2.22. The second-order valence-electron chi connectivity index (χ2n) is 8.86. The van der Waals surface area contributed by atoms with Crippen LogP contribution in [0.25, 0.3) is 22.2 Å². The van der Waals surface area contributed by atoms with Gasteiger partial charge in [-0.15, -0.1) is 0 Å². The van der Waals surface area contributed by atoms with Crippen LogP contribution in [0.15, 0.2) is 64.4 Å². The Morgan fingerprint density at radius 1 is 1.13 bits per heavy atom. The summed E-state index contributed by atoms with van der Waals surface area (Å²) in [5.74, 6) is -1.76. The fraction of sp³-hybridized carbons (Fsp3) is 0.240. The molecule has 9 nitrogen and oxygen atoms in total. The van der Waals surface area contributed by atoms with Gasteiger partial charge in [-0.2, -0.15) is 17.5 Å². The van der Waals surface area contributed by atoms with E-state index in [0.29, 0.717) is 12.5 Å². The van der Waals surface area contributed by atoms with Gasteiger partial charge in [-0.1, -0.05) is 0 Å². The number of hydrogen-bond acceptors (Lipinski definition) is 7. The number of nitrogens with zero attached hydrogens (tertiary/aromatic N) is 3. The number of rotatable bonds is 6. The predicted molar refractivity (Wildman–Crippen MR) is 129 cm³/mol.